The van der Waals surface area contributed by atoms with E-state index in [0.29, 0.717) is 24.4 Å². The topological polar surface area (TPSA) is 97.5 Å². The quantitative estimate of drug-likeness (QED) is 0.247. The average molecular weight is 535 g/mol. The molecule has 1 aliphatic heterocycles. The van der Waals surface area contributed by atoms with Gasteiger partial charge in [-0.1, -0.05) is 34.1 Å². The lowest BCUT2D eigenvalue weighted by Gasteiger charge is -2.37. The van der Waals surface area contributed by atoms with Gasteiger partial charge in [0.25, 0.3) is 0 Å². The second-order valence-electron chi connectivity index (χ2n) is 8.35. The molecule has 3 heterocycles. The number of piperazine rings is 1. The molecule has 10 heteroatoms. The number of nitrogens with zero attached hydrogens (tertiary/aromatic N) is 6. The monoisotopic (exact) mass is 534 g/mol. The summed E-state index contributed by atoms with van der Waals surface area (Å²) in [4.78, 5) is 28.7. The third-order valence-electron chi connectivity index (χ3n) is 6.33. The molecule has 9 nitrogen and oxygen atoms in total. The minimum absolute atomic E-state index is 0.105. The molecule has 0 amide bonds. The van der Waals surface area contributed by atoms with Crippen molar-refractivity contribution < 1.29 is 9.66 Å². The van der Waals surface area contributed by atoms with Gasteiger partial charge in [0.15, 0.2) is 5.75 Å². The van der Waals surface area contributed by atoms with Gasteiger partial charge in [-0.25, -0.2) is 4.98 Å². The molecule has 2 aromatic heterocycles. The summed E-state index contributed by atoms with van der Waals surface area (Å²) in [7, 11) is 0. The molecular formula is C25H23BrN6O3. The molecule has 0 bridgehead atoms. The minimum atomic E-state index is -0.476. The van der Waals surface area contributed by atoms with Crippen molar-refractivity contribution in [3.8, 4) is 11.6 Å². The number of aromatic nitrogens is 3. The Kier molecular flexibility index (Phi) is 6.21. The van der Waals surface area contributed by atoms with Crippen molar-refractivity contribution in [3.63, 3.8) is 0 Å². The Morgan fingerprint density at radius 2 is 1.74 bits per heavy atom. The molecule has 5 rings (SSSR count). The summed E-state index contributed by atoms with van der Waals surface area (Å²) in [5.41, 5.74) is 4.02. The van der Waals surface area contributed by atoms with Gasteiger partial charge in [-0.3, -0.25) is 15.1 Å². The van der Waals surface area contributed by atoms with Crippen LogP contribution in [0.25, 0.3) is 10.9 Å². The zero-order chi connectivity index (χ0) is 24.5. The molecule has 0 spiro atoms. The van der Waals surface area contributed by atoms with Gasteiger partial charge in [0.05, 0.1) is 4.92 Å². The summed E-state index contributed by atoms with van der Waals surface area (Å²) in [5, 5.41) is 13.0. The van der Waals surface area contributed by atoms with E-state index in [4.69, 9.17) is 4.74 Å². The molecule has 0 aliphatic carbocycles. The van der Waals surface area contributed by atoms with E-state index in [0.717, 1.165) is 22.9 Å². The van der Waals surface area contributed by atoms with E-state index in [2.05, 4.69) is 67.8 Å². The van der Waals surface area contributed by atoms with Gasteiger partial charge in [-0.15, -0.1) is 0 Å². The lowest BCUT2D eigenvalue weighted by atomic mass is 10.1. The van der Waals surface area contributed by atoms with Gasteiger partial charge >= 0.3 is 11.6 Å². The van der Waals surface area contributed by atoms with Crippen molar-refractivity contribution in [1.82, 2.24) is 15.0 Å². The van der Waals surface area contributed by atoms with E-state index >= 15 is 0 Å². The first-order chi connectivity index (χ1) is 16.9. The molecule has 1 aliphatic rings. The fourth-order valence-corrected chi connectivity index (χ4v) is 4.81. The SMILES string of the molecule is Cc1cccc(N2CCN(c3ncnc(Oc4ccc(Br)c5cccnc45)c3[N+](=O)[O-])CC2)c1C. The molecule has 4 aromatic rings. The molecule has 1 fully saturated rings. The van der Waals surface area contributed by atoms with Gasteiger partial charge in [0.2, 0.25) is 5.82 Å². The van der Waals surface area contributed by atoms with Crippen LogP contribution < -0.4 is 14.5 Å². The van der Waals surface area contributed by atoms with E-state index in [1.54, 1.807) is 12.3 Å². The molecule has 178 valence electrons. The molecule has 1 saturated heterocycles. The molecule has 35 heavy (non-hydrogen) atoms. The molecule has 0 saturated carbocycles. The maximum Gasteiger partial charge on any atom is 0.373 e. The highest BCUT2D eigenvalue weighted by molar-refractivity contribution is 9.10. The number of ether oxygens (including phenoxy) is 1. The van der Waals surface area contributed by atoms with Gasteiger partial charge in [-0.2, -0.15) is 4.98 Å². The van der Waals surface area contributed by atoms with E-state index in [-0.39, 0.29) is 17.4 Å². The van der Waals surface area contributed by atoms with Crippen LogP contribution in [-0.4, -0.2) is 46.1 Å². The summed E-state index contributed by atoms with van der Waals surface area (Å²) in [6.45, 7) is 6.86. The minimum Gasteiger partial charge on any atom is -0.431 e. The van der Waals surface area contributed by atoms with E-state index in [1.807, 2.05) is 23.1 Å². The van der Waals surface area contributed by atoms with Crippen molar-refractivity contribution in [2.45, 2.75) is 13.8 Å². The molecule has 0 N–H and O–H groups in total. The number of halogens is 1. The number of anilines is 2. The first-order valence-corrected chi connectivity index (χ1v) is 12.0. The number of pyridine rings is 1. The van der Waals surface area contributed by atoms with Gasteiger partial charge in [-0.05, 0) is 49.2 Å². The Balaban J connectivity index is 1.44. The predicted octanol–water partition coefficient (Wildman–Crippen LogP) is 5.43. The van der Waals surface area contributed by atoms with Crippen LogP contribution in [0.15, 0.2) is 59.5 Å². The lowest BCUT2D eigenvalue weighted by molar-refractivity contribution is -0.385. The molecule has 0 atom stereocenters. The summed E-state index contributed by atoms with van der Waals surface area (Å²) in [6.07, 6.45) is 2.96. The third-order valence-corrected chi connectivity index (χ3v) is 7.03. The zero-order valence-corrected chi connectivity index (χ0v) is 20.9. The van der Waals surface area contributed by atoms with Crippen LogP contribution in [0, 0.1) is 24.0 Å². The molecule has 2 aromatic carbocycles. The number of rotatable bonds is 5. The van der Waals surface area contributed by atoms with Crippen molar-refractivity contribution >= 4 is 44.0 Å². The Bertz CT molecular complexity index is 1420. The summed E-state index contributed by atoms with van der Waals surface area (Å²) >= 11 is 3.51. The number of hydrogen-bond donors (Lipinski definition) is 0. The van der Waals surface area contributed by atoms with Gasteiger partial charge in [0, 0.05) is 47.9 Å². The Morgan fingerprint density at radius 3 is 2.51 bits per heavy atom. The van der Waals surface area contributed by atoms with Crippen LogP contribution >= 0.6 is 15.9 Å². The maximum absolute atomic E-state index is 12.1. The standard InChI is InChI=1S/C25H23BrN6O3/c1-16-5-3-7-20(17(16)2)30-11-13-31(14-12-30)24-23(32(33)34)25(29-15-28-24)35-21-9-8-19(26)18-6-4-10-27-22(18)21/h3-10,15H,11-14H2,1-2H3. The first-order valence-electron chi connectivity index (χ1n) is 11.2. The number of fused-ring (bicyclic) bond motifs is 1. The van der Waals surface area contributed by atoms with Crippen molar-refractivity contribution in [3.05, 3.63) is 80.7 Å². The maximum atomic E-state index is 12.1. The van der Waals surface area contributed by atoms with Crippen molar-refractivity contribution in [1.29, 1.82) is 0 Å². The highest BCUT2D eigenvalue weighted by Crippen LogP contribution is 2.39. The number of benzene rings is 2. The molecule has 0 radical (unpaired) electrons. The zero-order valence-electron chi connectivity index (χ0n) is 19.3. The summed E-state index contributed by atoms with van der Waals surface area (Å²) < 4.78 is 6.83. The second kappa shape index (κ2) is 9.46. The van der Waals surface area contributed by atoms with Gasteiger partial charge in [0.1, 0.15) is 11.8 Å². The molecular weight excluding hydrogens is 512 g/mol. The largest absolute Gasteiger partial charge is 0.431 e. The first kappa shape index (κ1) is 23.0. The Labute approximate surface area is 210 Å². The van der Waals surface area contributed by atoms with Crippen molar-refractivity contribution in [2.75, 3.05) is 36.0 Å². The van der Waals surface area contributed by atoms with E-state index in [9.17, 15) is 10.1 Å². The van der Waals surface area contributed by atoms with E-state index < -0.39 is 4.92 Å². The number of aryl methyl sites for hydroxylation is 1. The average Bonchev–Trinajstić information content (AvgIpc) is 2.87. The van der Waals surface area contributed by atoms with Crippen LogP contribution in [0.3, 0.4) is 0 Å². The smallest absolute Gasteiger partial charge is 0.373 e. The number of hydrogen-bond acceptors (Lipinski definition) is 8. The van der Waals surface area contributed by atoms with Crippen LogP contribution in [0.5, 0.6) is 11.6 Å². The van der Waals surface area contributed by atoms with E-state index in [1.165, 1.54) is 23.1 Å². The lowest BCUT2D eigenvalue weighted by Crippen LogP contribution is -2.47. The predicted molar refractivity (Wildman–Crippen MR) is 139 cm³/mol. The molecule has 0 unspecified atom stereocenters. The van der Waals surface area contributed by atoms with Crippen LogP contribution in [0.4, 0.5) is 17.2 Å². The highest BCUT2D eigenvalue weighted by Gasteiger charge is 2.31. The fraction of sp³-hybridized carbons (Fsp3) is 0.240. The van der Waals surface area contributed by atoms with Crippen LogP contribution in [0.2, 0.25) is 0 Å². The Hall–Kier alpha value is -3.79. The summed E-state index contributed by atoms with van der Waals surface area (Å²) in [6, 6.07) is 13.5. The van der Waals surface area contributed by atoms with Crippen LogP contribution in [-0.2, 0) is 0 Å². The van der Waals surface area contributed by atoms with Crippen molar-refractivity contribution in [2.24, 2.45) is 0 Å². The third kappa shape index (κ3) is 4.37. The fourth-order valence-electron chi connectivity index (χ4n) is 4.36. The number of nitro groups is 1. The summed E-state index contributed by atoms with van der Waals surface area (Å²) in [5.74, 6) is 0.539. The Morgan fingerprint density at radius 1 is 0.971 bits per heavy atom. The highest BCUT2D eigenvalue weighted by atomic mass is 79.9. The second-order valence-corrected chi connectivity index (χ2v) is 9.20. The van der Waals surface area contributed by atoms with Gasteiger partial charge < -0.3 is 14.5 Å². The van der Waals surface area contributed by atoms with Crippen LogP contribution in [0.1, 0.15) is 11.1 Å². The normalized spacial score (nSPS) is 13.8.